The summed E-state index contributed by atoms with van der Waals surface area (Å²) in [6.07, 6.45) is 16.6. The van der Waals surface area contributed by atoms with Crippen molar-refractivity contribution in [2.24, 2.45) is 0 Å². The van der Waals surface area contributed by atoms with Gasteiger partial charge in [0.2, 0.25) is 0 Å². The second-order valence-corrected chi connectivity index (χ2v) is 15.6. The summed E-state index contributed by atoms with van der Waals surface area (Å²) in [5.41, 5.74) is 7.91. The molecular formula is C60H40N4O4. The van der Waals surface area contributed by atoms with E-state index in [2.05, 4.69) is 108 Å². The zero-order chi connectivity index (χ0) is 46.9. The van der Waals surface area contributed by atoms with Crippen molar-refractivity contribution in [2.75, 3.05) is 29.9 Å². The first-order chi connectivity index (χ1) is 33.5. The summed E-state index contributed by atoms with van der Waals surface area (Å²) in [5.74, 6) is 11.4. The Morgan fingerprint density at radius 1 is 0.456 bits per heavy atom. The molecule has 0 fully saturated rings. The van der Waals surface area contributed by atoms with Gasteiger partial charge in [-0.25, -0.2) is 0 Å². The lowest BCUT2D eigenvalue weighted by Gasteiger charge is -2.34. The molecule has 0 aliphatic heterocycles. The number of nitrogens with zero attached hydrogens (tertiary/aromatic N) is 3. The van der Waals surface area contributed by atoms with Crippen LogP contribution in [0.3, 0.4) is 0 Å². The Hall–Kier alpha value is -9.78. The lowest BCUT2D eigenvalue weighted by molar-refractivity contribution is 0.457. The van der Waals surface area contributed by atoms with Gasteiger partial charge in [0, 0.05) is 23.5 Å². The second-order valence-electron chi connectivity index (χ2n) is 15.6. The SMILES string of the molecule is C#CCNc1cccc(Oc2cccc(Oc3ccc(C4(c5ccc(Oc6cccc(Oc7cccc(N(CC#C)CC#C)c7)c6C#N)cc5)c5ccccc5-c5ccccc54)cc3)c2C#N)c1. The van der Waals surface area contributed by atoms with Crippen LogP contribution in [-0.2, 0) is 5.41 Å². The van der Waals surface area contributed by atoms with Crippen LogP contribution in [0.15, 0.2) is 182 Å². The van der Waals surface area contributed by atoms with Crippen molar-refractivity contribution in [2.45, 2.75) is 5.41 Å². The molecule has 0 heterocycles. The Labute approximate surface area is 396 Å². The molecule has 1 N–H and O–H groups in total. The van der Waals surface area contributed by atoms with E-state index in [0.29, 0.717) is 65.6 Å². The fourth-order valence-electron chi connectivity index (χ4n) is 8.69. The van der Waals surface area contributed by atoms with Crippen LogP contribution < -0.4 is 29.2 Å². The number of rotatable bonds is 15. The van der Waals surface area contributed by atoms with Gasteiger partial charge in [0.15, 0.2) is 0 Å². The van der Waals surface area contributed by atoms with Crippen LogP contribution in [0, 0.1) is 59.7 Å². The number of hydrogen-bond donors (Lipinski definition) is 1. The molecule has 0 spiro atoms. The molecule has 8 aromatic carbocycles. The van der Waals surface area contributed by atoms with Crippen LogP contribution in [0.4, 0.5) is 11.4 Å². The average molecular weight is 881 g/mol. The maximum atomic E-state index is 10.4. The molecule has 8 aromatic rings. The molecule has 1 aliphatic rings. The van der Waals surface area contributed by atoms with Crippen molar-refractivity contribution in [1.29, 1.82) is 10.5 Å². The van der Waals surface area contributed by atoms with E-state index in [-0.39, 0.29) is 11.1 Å². The monoisotopic (exact) mass is 880 g/mol. The lowest BCUT2D eigenvalue weighted by atomic mass is 9.68. The minimum Gasteiger partial charge on any atom is -0.456 e. The molecule has 0 atom stereocenters. The van der Waals surface area contributed by atoms with Crippen LogP contribution in [0.25, 0.3) is 11.1 Å². The number of benzene rings is 8. The van der Waals surface area contributed by atoms with E-state index in [1.807, 2.05) is 71.6 Å². The quantitative estimate of drug-likeness (QED) is 0.102. The molecule has 0 saturated carbocycles. The summed E-state index contributed by atoms with van der Waals surface area (Å²) in [5, 5.41) is 23.9. The van der Waals surface area contributed by atoms with Crippen LogP contribution in [0.2, 0.25) is 0 Å². The first-order valence-electron chi connectivity index (χ1n) is 21.6. The first-order valence-corrected chi connectivity index (χ1v) is 21.6. The van der Waals surface area contributed by atoms with E-state index < -0.39 is 5.41 Å². The van der Waals surface area contributed by atoms with E-state index in [4.69, 9.17) is 38.2 Å². The Balaban J connectivity index is 1.02. The maximum absolute atomic E-state index is 10.4. The highest BCUT2D eigenvalue weighted by molar-refractivity contribution is 5.86. The van der Waals surface area contributed by atoms with Gasteiger partial charge in [-0.2, -0.15) is 10.5 Å². The Morgan fingerprint density at radius 2 is 0.897 bits per heavy atom. The summed E-state index contributed by atoms with van der Waals surface area (Å²) in [7, 11) is 0. The minimum atomic E-state index is -0.727. The standard InChI is InChI=1S/C60H40N4O4/c1-4-35-63-44-15-11-17-48(38-44)67-58-25-13-23-56(52(58)40-61)65-46-31-27-42(28-32-46)60(54-21-9-7-19-50(54)51-20-8-10-22-55(51)60)43-29-33-47(34-30-43)66-57-24-14-26-59(53(57)41-62)68-49-18-12-16-45(39-49)64(36-5-2)37-6-3/h1-3,7-34,38-39,63H,35-37H2. The maximum Gasteiger partial charge on any atom is 0.149 e. The number of fused-ring (bicyclic) bond motifs is 3. The summed E-state index contributed by atoms with van der Waals surface area (Å²) in [6, 6.07) is 62.8. The van der Waals surface area contributed by atoms with E-state index in [1.54, 1.807) is 42.5 Å². The molecular weight excluding hydrogens is 841 g/mol. The number of nitriles is 2. The number of nitrogens with one attached hydrogen (secondary N) is 1. The van der Waals surface area contributed by atoms with Crippen molar-refractivity contribution in [1.82, 2.24) is 0 Å². The summed E-state index contributed by atoms with van der Waals surface area (Å²) >= 11 is 0. The molecule has 0 saturated heterocycles. The van der Waals surface area contributed by atoms with Crippen molar-refractivity contribution in [3.8, 4) is 106 Å². The molecule has 9 rings (SSSR count). The van der Waals surface area contributed by atoms with Crippen molar-refractivity contribution >= 4 is 11.4 Å². The molecule has 68 heavy (non-hydrogen) atoms. The number of anilines is 2. The van der Waals surface area contributed by atoms with Crippen molar-refractivity contribution in [3.63, 3.8) is 0 Å². The number of ether oxygens (including phenoxy) is 4. The number of hydrogen-bond acceptors (Lipinski definition) is 8. The predicted molar refractivity (Wildman–Crippen MR) is 266 cm³/mol. The normalized spacial score (nSPS) is 11.5. The molecule has 0 bridgehead atoms. The molecule has 0 unspecified atom stereocenters. The van der Waals surface area contributed by atoms with Crippen LogP contribution in [0.5, 0.6) is 46.0 Å². The predicted octanol–water partition coefficient (Wildman–Crippen LogP) is 13.1. The van der Waals surface area contributed by atoms with E-state index >= 15 is 0 Å². The third-order valence-electron chi connectivity index (χ3n) is 11.6. The van der Waals surface area contributed by atoms with Gasteiger partial charge in [-0.3, -0.25) is 0 Å². The van der Waals surface area contributed by atoms with E-state index in [9.17, 15) is 10.5 Å². The van der Waals surface area contributed by atoms with Crippen molar-refractivity contribution < 1.29 is 18.9 Å². The number of terminal acetylenes is 3. The Kier molecular flexibility index (Phi) is 12.5. The highest BCUT2D eigenvalue weighted by Gasteiger charge is 2.46. The third-order valence-corrected chi connectivity index (χ3v) is 11.6. The van der Waals surface area contributed by atoms with E-state index in [0.717, 1.165) is 44.8 Å². The van der Waals surface area contributed by atoms with Gasteiger partial charge >= 0.3 is 0 Å². The van der Waals surface area contributed by atoms with E-state index in [1.165, 1.54) is 0 Å². The Morgan fingerprint density at radius 3 is 1.37 bits per heavy atom. The fourth-order valence-corrected chi connectivity index (χ4v) is 8.69. The molecule has 8 nitrogen and oxygen atoms in total. The fraction of sp³-hybridized carbons (Fsp3) is 0.0667. The topological polar surface area (TPSA) is 99.8 Å². The van der Waals surface area contributed by atoms with Gasteiger partial charge in [0.25, 0.3) is 0 Å². The van der Waals surface area contributed by atoms with Gasteiger partial charge in [-0.15, -0.1) is 19.3 Å². The molecule has 1 aliphatic carbocycles. The largest absolute Gasteiger partial charge is 0.456 e. The molecule has 324 valence electrons. The average Bonchev–Trinajstić information content (AvgIpc) is 3.67. The molecule has 0 aromatic heterocycles. The van der Waals surface area contributed by atoms with Gasteiger partial charge in [0.05, 0.1) is 25.0 Å². The Bertz CT molecular complexity index is 3320. The van der Waals surface area contributed by atoms with Crippen LogP contribution in [0.1, 0.15) is 33.4 Å². The van der Waals surface area contributed by atoms with Crippen molar-refractivity contribution in [3.05, 3.63) is 215 Å². The zero-order valence-corrected chi connectivity index (χ0v) is 36.6. The zero-order valence-electron chi connectivity index (χ0n) is 36.6. The van der Waals surface area contributed by atoms with Gasteiger partial charge in [0.1, 0.15) is 69.3 Å². The highest BCUT2D eigenvalue weighted by atomic mass is 16.5. The first kappa shape index (κ1) is 43.5. The van der Waals surface area contributed by atoms with Crippen LogP contribution >= 0.6 is 0 Å². The third kappa shape index (κ3) is 8.48. The van der Waals surface area contributed by atoms with Gasteiger partial charge in [-0.05, 0) is 106 Å². The lowest BCUT2D eigenvalue weighted by Crippen LogP contribution is -2.28. The molecule has 8 heteroatoms. The van der Waals surface area contributed by atoms with Crippen LogP contribution in [-0.4, -0.2) is 19.6 Å². The summed E-state index contributed by atoms with van der Waals surface area (Å²) in [6.45, 7) is 1.04. The molecule has 0 amide bonds. The minimum absolute atomic E-state index is 0.240. The highest BCUT2D eigenvalue weighted by Crippen LogP contribution is 2.56. The molecule has 0 radical (unpaired) electrons. The van der Waals surface area contributed by atoms with Gasteiger partial charge < -0.3 is 29.2 Å². The second kappa shape index (κ2) is 19.5. The van der Waals surface area contributed by atoms with Gasteiger partial charge in [-0.1, -0.05) is 115 Å². The summed E-state index contributed by atoms with van der Waals surface area (Å²) < 4.78 is 25.3. The summed E-state index contributed by atoms with van der Waals surface area (Å²) in [4.78, 5) is 1.88. The smallest absolute Gasteiger partial charge is 0.149 e.